The minimum absolute atomic E-state index is 0.278. The lowest BCUT2D eigenvalue weighted by Crippen LogP contribution is -2.20. The molecule has 1 aliphatic carbocycles. The zero-order chi connectivity index (χ0) is 5.28. The molecule has 0 aromatic rings. The van der Waals surface area contributed by atoms with Crippen LogP contribution in [0.25, 0.3) is 0 Å². The van der Waals surface area contributed by atoms with Gasteiger partial charge in [0.15, 0.2) is 0 Å². The maximum Gasteiger partial charge on any atom is 0.234 e. The van der Waals surface area contributed by atoms with Gasteiger partial charge in [0.25, 0.3) is 0 Å². The topological polar surface area (TPSA) is 43.1 Å². The normalized spacial score (nSPS) is 26.6. The third-order valence-electron chi connectivity index (χ3n) is 1.01. The Balaban J connectivity index is 2.44. The highest BCUT2D eigenvalue weighted by Crippen LogP contribution is 2.09. The lowest BCUT2D eigenvalue weighted by molar-refractivity contribution is -0.512. The van der Waals surface area contributed by atoms with Crippen LogP contribution in [0.5, 0.6) is 0 Å². The molecule has 0 amide bonds. The second-order valence-corrected chi connectivity index (χ2v) is 1.52. The van der Waals surface area contributed by atoms with Crippen LogP contribution in [0.15, 0.2) is 12.2 Å². The summed E-state index contributed by atoms with van der Waals surface area (Å²) in [6.07, 6.45) is 4.01. The molecule has 0 aromatic heterocycles. The van der Waals surface area contributed by atoms with E-state index in [-0.39, 0.29) is 11.0 Å². The standard InChI is InChI=1S/C4H5NO2/c6-5(7)4-2-1-3-4/h1-2,4H,3H2. The molecule has 38 valence electrons. The van der Waals surface area contributed by atoms with E-state index >= 15 is 0 Å². The Labute approximate surface area is 40.8 Å². The molecule has 0 saturated carbocycles. The predicted octanol–water partition coefficient (Wildman–Crippen LogP) is 0.592. The van der Waals surface area contributed by atoms with Gasteiger partial charge in [-0.2, -0.15) is 0 Å². The monoisotopic (exact) mass is 99.0 g/mol. The van der Waals surface area contributed by atoms with Gasteiger partial charge in [0.2, 0.25) is 6.04 Å². The van der Waals surface area contributed by atoms with E-state index in [0.29, 0.717) is 6.42 Å². The van der Waals surface area contributed by atoms with Gasteiger partial charge in [-0.3, -0.25) is 10.1 Å². The third-order valence-corrected chi connectivity index (χ3v) is 1.01. The lowest BCUT2D eigenvalue weighted by atomic mass is 10.1. The maximum atomic E-state index is 9.74. The van der Waals surface area contributed by atoms with E-state index in [4.69, 9.17) is 0 Å². The Hall–Kier alpha value is -0.860. The largest absolute Gasteiger partial charge is 0.264 e. The molecule has 1 unspecified atom stereocenters. The summed E-state index contributed by atoms with van der Waals surface area (Å²) in [5, 5.41) is 9.74. The molecule has 1 aliphatic rings. The van der Waals surface area contributed by atoms with Gasteiger partial charge in [0, 0.05) is 11.3 Å². The summed E-state index contributed by atoms with van der Waals surface area (Å²) in [6, 6.07) is -0.375. The summed E-state index contributed by atoms with van der Waals surface area (Å²) in [7, 11) is 0. The molecule has 0 spiro atoms. The fourth-order valence-electron chi connectivity index (χ4n) is 0.414. The first-order chi connectivity index (χ1) is 3.30. The van der Waals surface area contributed by atoms with Crippen molar-refractivity contribution in [1.82, 2.24) is 0 Å². The fourth-order valence-corrected chi connectivity index (χ4v) is 0.414. The smallest absolute Gasteiger partial charge is 0.234 e. The second kappa shape index (κ2) is 1.33. The van der Waals surface area contributed by atoms with E-state index < -0.39 is 0 Å². The van der Waals surface area contributed by atoms with Crippen molar-refractivity contribution in [3.05, 3.63) is 22.3 Å². The van der Waals surface area contributed by atoms with Gasteiger partial charge in [-0.15, -0.1) is 0 Å². The van der Waals surface area contributed by atoms with Crippen molar-refractivity contribution in [1.29, 1.82) is 0 Å². The fraction of sp³-hybridized carbons (Fsp3) is 0.500. The van der Waals surface area contributed by atoms with Gasteiger partial charge in [-0.1, -0.05) is 6.08 Å². The van der Waals surface area contributed by atoms with Gasteiger partial charge in [0.05, 0.1) is 0 Å². The summed E-state index contributed by atoms with van der Waals surface area (Å²) < 4.78 is 0. The summed E-state index contributed by atoms with van der Waals surface area (Å²) in [4.78, 5) is 9.46. The average molecular weight is 99.1 g/mol. The summed E-state index contributed by atoms with van der Waals surface area (Å²) in [5.41, 5.74) is 0. The Morgan fingerprint density at radius 2 is 2.43 bits per heavy atom. The molecular weight excluding hydrogens is 94.0 g/mol. The van der Waals surface area contributed by atoms with Gasteiger partial charge >= 0.3 is 0 Å². The van der Waals surface area contributed by atoms with Crippen LogP contribution in [0, 0.1) is 10.1 Å². The van der Waals surface area contributed by atoms with Crippen molar-refractivity contribution in [2.45, 2.75) is 12.5 Å². The number of rotatable bonds is 1. The summed E-state index contributed by atoms with van der Waals surface area (Å²) >= 11 is 0. The van der Waals surface area contributed by atoms with Crippen LogP contribution in [0.3, 0.4) is 0 Å². The third kappa shape index (κ3) is 0.607. The predicted molar refractivity (Wildman–Crippen MR) is 24.5 cm³/mol. The number of hydrogen-bond donors (Lipinski definition) is 0. The van der Waals surface area contributed by atoms with Crippen LogP contribution in [0.4, 0.5) is 0 Å². The zero-order valence-electron chi connectivity index (χ0n) is 3.70. The molecule has 0 heterocycles. The van der Waals surface area contributed by atoms with Crippen molar-refractivity contribution in [3.8, 4) is 0 Å². The van der Waals surface area contributed by atoms with Crippen molar-refractivity contribution in [2.75, 3.05) is 0 Å². The second-order valence-electron chi connectivity index (χ2n) is 1.52. The Morgan fingerprint density at radius 3 is 2.43 bits per heavy atom. The van der Waals surface area contributed by atoms with Crippen molar-refractivity contribution < 1.29 is 4.92 Å². The first kappa shape index (κ1) is 4.30. The van der Waals surface area contributed by atoms with Gasteiger partial charge in [-0.05, 0) is 6.08 Å². The first-order valence-corrected chi connectivity index (χ1v) is 2.11. The number of nitro groups is 1. The van der Waals surface area contributed by atoms with Gasteiger partial charge < -0.3 is 0 Å². The highest BCUT2D eigenvalue weighted by molar-refractivity contribution is 5.02. The first-order valence-electron chi connectivity index (χ1n) is 2.11. The van der Waals surface area contributed by atoms with Crippen LogP contribution in [-0.2, 0) is 0 Å². The van der Waals surface area contributed by atoms with Crippen LogP contribution in [0.1, 0.15) is 6.42 Å². The summed E-state index contributed by atoms with van der Waals surface area (Å²) in [6.45, 7) is 0. The maximum absolute atomic E-state index is 9.74. The molecule has 1 rings (SSSR count). The number of nitrogens with zero attached hydrogens (tertiary/aromatic N) is 1. The zero-order valence-corrected chi connectivity index (χ0v) is 3.70. The van der Waals surface area contributed by atoms with Crippen molar-refractivity contribution >= 4 is 0 Å². The molecule has 0 N–H and O–H groups in total. The SMILES string of the molecule is O=[N+]([O-])C1C=CC1. The van der Waals surface area contributed by atoms with Crippen LogP contribution >= 0.6 is 0 Å². The lowest BCUT2D eigenvalue weighted by Gasteiger charge is -2.06. The molecule has 3 nitrogen and oxygen atoms in total. The van der Waals surface area contributed by atoms with E-state index in [1.54, 1.807) is 12.2 Å². The Kier molecular flexibility index (Phi) is 0.817. The van der Waals surface area contributed by atoms with Crippen LogP contribution in [0.2, 0.25) is 0 Å². The van der Waals surface area contributed by atoms with E-state index in [2.05, 4.69) is 0 Å². The van der Waals surface area contributed by atoms with Crippen LogP contribution in [-0.4, -0.2) is 11.0 Å². The van der Waals surface area contributed by atoms with Gasteiger partial charge in [0.1, 0.15) is 0 Å². The van der Waals surface area contributed by atoms with Crippen LogP contribution < -0.4 is 0 Å². The molecule has 0 radical (unpaired) electrons. The molecule has 3 heteroatoms. The minimum Gasteiger partial charge on any atom is -0.264 e. The molecule has 7 heavy (non-hydrogen) atoms. The average Bonchev–Trinajstić information content (AvgIpc) is 1.23. The van der Waals surface area contributed by atoms with E-state index in [9.17, 15) is 10.1 Å². The molecular formula is C4H5NO2. The molecule has 1 atom stereocenters. The number of hydrogen-bond acceptors (Lipinski definition) is 2. The molecule has 0 saturated heterocycles. The van der Waals surface area contributed by atoms with E-state index in [1.807, 2.05) is 0 Å². The van der Waals surface area contributed by atoms with Gasteiger partial charge in [-0.25, -0.2) is 0 Å². The quantitative estimate of drug-likeness (QED) is 0.274. The van der Waals surface area contributed by atoms with E-state index in [1.165, 1.54) is 0 Å². The minimum atomic E-state index is -0.375. The highest BCUT2D eigenvalue weighted by Gasteiger charge is 2.19. The molecule has 0 aromatic carbocycles. The molecule has 0 bridgehead atoms. The Morgan fingerprint density at radius 1 is 1.86 bits per heavy atom. The van der Waals surface area contributed by atoms with Crippen molar-refractivity contribution in [3.63, 3.8) is 0 Å². The van der Waals surface area contributed by atoms with E-state index in [0.717, 1.165) is 0 Å². The van der Waals surface area contributed by atoms with Crippen molar-refractivity contribution in [2.24, 2.45) is 0 Å². The molecule has 0 aliphatic heterocycles. The molecule has 0 fully saturated rings. The highest BCUT2D eigenvalue weighted by atomic mass is 16.6. The summed E-state index contributed by atoms with van der Waals surface area (Å²) in [5.74, 6) is 0. The Bertz CT molecular complexity index is 119.